The molecule has 2 heterocycles. The van der Waals surface area contributed by atoms with Crippen LogP contribution in [0.3, 0.4) is 0 Å². The summed E-state index contributed by atoms with van der Waals surface area (Å²) >= 11 is 0. The van der Waals surface area contributed by atoms with E-state index in [1.807, 2.05) is 48.7 Å². The van der Waals surface area contributed by atoms with Gasteiger partial charge in [0.2, 0.25) is 0 Å². The van der Waals surface area contributed by atoms with E-state index >= 15 is 0 Å². The van der Waals surface area contributed by atoms with Crippen molar-refractivity contribution in [3.63, 3.8) is 0 Å². The highest BCUT2D eigenvalue weighted by Gasteiger charge is 2.17. The Kier molecular flexibility index (Phi) is 4.34. The summed E-state index contributed by atoms with van der Waals surface area (Å²) in [5.74, 6) is -0.0950. The minimum atomic E-state index is -0.0950. The molecule has 3 rings (SSSR count). The van der Waals surface area contributed by atoms with Gasteiger partial charge in [0.25, 0.3) is 5.91 Å². The summed E-state index contributed by atoms with van der Waals surface area (Å²) in [4.78, 5) is 21.8. The van der Waals surface area contributed by atoms with E-state index < -0.39 is 0 Å². The summed E-state index contributed by atoms with van der Waals surface area (Å²) in [6.07, 6.45) is 3.84. The molecule has 2 aromatic heterocycles. The van der Waals surface area contributed by atoms with Crippen LogP contribution in [-0.4, -0.2) is 27.3 Å². The predicted molar refractivity (Wildman–Crippen MR) is 87.5 cm³/mol. The van der Waals surface area contributed by atoms with E-state index in [4.69, 9.17) is 5.26 Å². The van der Waals surface area contributed by atoms with Crippen LogP contribution in [0, 0.1) is 11.3 Å². The molecule has 0 atom stereocenters. The summed E-state index contributed by atoms with van der Waals surface area (Å²) in [5, 5.41) is 9.90. The number of fused-ring (bicyclic) bond motifs is 1. The first-order valence-corrected chi connectivity index (χ1v) is 7.41. The number of hydrogen-bond acceptors (Lipinski definition) is 3. The number of aromatic amines is 1. The van der Waals surface area contributed by atoms with Gasteiger partial charge in [-0.05, 0) is 35.7 Å². The van der Waals surface area contributed by atoms with Crippen molar-refractivity contribution in [2.45, 2.75) is 13.0 Å². The molecule has 1 aromatic carbocycles. The van der Waals surface area contributed by atoms with Crippen LogP contribution in [0.2, 0.25) is 0 Å². The van der Waals surface area contributed by atoms with Crippen LogP contribution in [0.1, 0.15) is 22.5 Å². The molecule has 5 heteroatoms. The largest absolute Gasteiger partial charge is 0.361 e. The molecule has 0 aliphatic rings. The minimum Gasteiger partial charge on any atom is -0.361 e. The third kappa shape index (κ3) is 3.38. The maximum absolute atomic E-state index is 12.8. The number of rotatable bonds is 5. The van der Waals surface area contributed by atoms with Crippen LogP contribution in [0.25, 0.3) is 10.9 Å². The summed E-state index contributed by atoms with van der Waals surface area (Å²) in [7, 11) is 0. The predicted octanol–water partition coefficient (Wildman–Crippen LogP) is 3.12. The Morgan fingerprint density at radius 1 is 1.26 bits per heavy atom. The highest BCUT2D eigenvalue weighted by molar-refractivity contribution is 5.97. The normalized spacial score (nSPS) is 10.4. The summed E-state index contributed by atoms with van der Waals surface area (Å²) in [6, 6.07) is 15.2. The topological polar surface area (TPSA) is 72.8 Å². The molecule has 114 valence electrons. The fourth-order valence-corrected chi connectivity index (χ4v) is 2.49. The van der Waals surface area contributed by atoms with Crippen molar-refractivity contribution in [3.8, 4) is 6.07 Å². The third-order valence-corrected chi connectivity index (χ3v) is 3.66. The molecule has 0 aliphatic carbocycles. The average molecular weight is 304 g/mol. The van der Waals surface area contributed by atoms with Gasteiger partial charge in [-0.3, -0.25) is 9.78 Å². The highest BCUT2D eigenvalue weighted by Crippen LogP contribution is 2.16. The molecular weight excluding hydrogens is 288 g/mol. The first-order chi connectivity index (χ1) is 11.3. The van der Waals surface area contributed by atoms with Crippen LogP contribution in [0.5, 0.6) is 0 Å². The van der Waals surface area contributed by atoms with Gasteiger partial charge < -0.3 is 9.88 Å². The molecular formula is C18H16N4O. The van der Waals surface area contributed by atoms with Gasteiger partial charge in [0, 0.05) is 30.0 Å². The van der Waals surface area contributed by atoms with Gasteiger partial charge >= 0.3 is 0 Å². The summed E-state index contributed by atoms with van der Waals surface area (Å²) in [5.41, 5.74) is 2.34. The molecule has 0 fully saturated rings. The number of aromatic nitrogens is 2. The van der Waals surface area contributed by atoms with E-state index in [9.17, 15) is 4.79 Å². The molecule has 0 saturated heterocycles. The van der Waals surface area contributed by atoms with E-state index in [0.29, 0.717) is 25.1 Å². The smallest absolute Gasteiger partial charge is 0.254 e. The maximum atomic E-state index is 12.8. The van der Waals surface area contributed by atoms with Gasteiger partial charge in [-0.2, -0.15) is 5.26 Å². The number of nitriles is 1. The second-order valence-corrected chi connectivity index (χ2v) is 5.24. The number of amides is 1. The van der Waals surface area contributed by atoms with Gasteiger partial charge in [-0.1, -0.05) is 12.1 Å². The summed E-state index contributed by atoms with van der Waals surface area (Å²) < 4.78 is 0. The number of nitrogens with zero attached hydrogens (tertiary/aromatic N) is 3. The second-order valence-electron chi connectivity index (χ2n) is 5.24. The molecule has 0 bridgehead atoms. The van der Waals surface area contributed by atoms with Gasteiger partial charge in [-0.15, -0.1) is 0 Å². The Bertz CT molecular complexity index is 848. The second kappa shape index (κ2) is 6.75. The lowest BCUT2D eigenvalue weighted by Crippen LogP contribution is -2.31. The number of hydrogen-bond donors (Lipinski definition) is 1. The van der Waals surface area contributed by atoms with E-state index in [0.717, 1.165) is 16.6 Å². The lowest BCUT2D eigenvalue weighted by Gasteiger charge is -2.21. The molecule has 0 unspecified atom stereocenters. The van der Waals surface area contributed by atoms with Crippen LogP contribution in [0.15, 0.2) is 54.9 Å². The Morgan fingerprint density at radius 3 is 2.96 bits per heavy atom. The maximum Gasteiger partial charge on any atom is 0.254 e. The van der Waals surface area contributed by atoms with E-state index in [1.165, 1.54) is 0 Å². The van der Waals surface area contributed by atoms with Crippen molar-refractivity contribution in [1.29, 1.82) is 5.26 Å². The van der Waals surface area contributed by atoms with Crippen molar-refractivity contribution in [3.05, 3.63) is 66.1 Å². The number of benzene rings is 1. The SMILES string of the molecule is N#CCCN(Cc1ccccn1)C(=O)c1ccc2cc[nH]c2c1. The van der Waals surface area contributed by atoms with Gasteiger partial charge in [0.1, 0.15) is 0 Å². The number of H-pyrrole nitrogens is 1. The molecule has 1 N–H and O–H groups in total. The standard InChI is InChI=1S/C18H16N4O/c19-8-3-11-22(13-16-4-1-2-9-20-16)18(23)15-6-5-14-7-10-21-17(14)12-15/h1-2,4-7,9-10,12,21H,3,11,13H2. The van der Waals surface area contributed by atoms with Crippen LogP contribution < -0.4 is 0 Å². The van der Waals surface area contributed by atoms with Crippen molar-refractivity contribution < 1.29 is 4.79 Å². The molecule has 1 amide bonds. The molecule has 0 spiro atoms. The van der Waals surface area contributed by atoms with Gasteiger partial charge in [0.15, 0.2) is 0 Å². The number of pyridine rings is 1. The average Bonchev–Trinajstić information content (AvgIpc) is 3.06. The highest BCUT2D eigenvalue weighted by atomic mass is 16.2. The zero-order valence-corrected chi connectivity index (χ0v) is 12.6. The number of carbonyl (C=O) groups is 1. The Morgan fingerprint density at radius 2 is 2.17 bits per heavy atom. The molecule has 0 saturated carbocycles. The quantitative estimate of drug-likeness (QED) is 0.787. The van der Waals surface area contributed by atoms with Crippen LogP contribution >= 0.6 is 0 Å². The van der Waals surface area contributed by atoms with Crippen molar-refractivity contribution >= 4 is 16.8 Å². The lowest BCUT2D eigenvalue weighted by atomic mass is 10.1. The lowest BCUT2D eigenvalue weighted by molar-refractivity contribution is 0.0745. The van der Waals surface area contributed by atoms with Crippen molar-refractivity contribution in [1.82, 2.24) is 14.9 Å². The monoisotopic (exact) mass is 304 g/mol. The zero-order valence-electron chi connectivity index (χ0n) is 12.6. The van der Waals surface area contributed by atoms with E-state index in [1.54, 1.807) is 11.1 Å². The van der Waals surface area contributed by atoms with Crippen LogP contribution in [0.4, 0.5) is 0 Å². The molecule has 23 heavy (non-hydrogen) atoms. The molecule has 3 aromatic rings. The first kappa shape index (κ1) is 14.8. The molecule has 0 radical (unpaired) electrons. The van der Waals surface area contributed by atoms with Gasteiger partial charge in [0.05, 0.1) is 24.7 Å². The number of carbonyl (C=O) groups excluding carboxylic acids is 1. The van der Waals surface area contributed by atoms with Crippen molar-refractivity contribution in [2.75, 3.05) is 6.54 Å². The molecule has 0 aliphatic heterocycles. The Labute approximate surface area is 134 Å². The zero-order chi connectivity index (χ0) is 16.1. The Balaban J connectivity index is 1.85. The minimum absolute atomic E-state index is 0.0950. The fraction of sp³-hybridized carbons (Fsp3) is 0.167. The number of nitrogens with one attached hydrogen (secondary N) is 1. The first-order valence-electron chi connectivity index (χ1n) is 7.41. The van der Waals surface area contributed by atoms with Gasteiger partial charge in [-0.25, -0.2) is 0 Å². The summed E-state index contributed by atoms with van der Waals surface area (Å²) in [6.45, 7) is 0.777. The fourth-order valence-electron chi connectivity index (χ4n) is 2.49. The Hall–Kier alpha value is -3.13. The van der Waals surface area contributed by atoms with Crippen LogP contribution in [-0.2, 0) is 6.54 Å². The van der Waals surface area contributed by atoms with E-state index in [2.05, 4.69) is 16.0 Å². The molecule has 5 nitrogen and oxygen atoms in total. The third-order valence-electron chi connectivity index (χ3n) is 3.66. The van der Waals surface area contributed by atoms with E-state index in [-0.39, 0.29) is 5.91 Å². The van der Waals surface area contributed by atoms with Crippen molar-refractivity contribution in [2.24, 2.45) is 0 Å².